The topological polar surface area (TPSA) is 35.5 Å². The van der Waals surface area contributed by atoms with E-state index in [9.17, 15) is 5.11 Å². The molecule has 3 unspecified atom stereocenters. The highest BCUT2D eigenvalue weighted by Gasteiger charge is 2.27. The zero-order valence-electron chi connectivity index (χ0n) is 9.88. The molecular weight excluding hydrogens is 176 g/mol. The molecule has 0 bridgehead atoms. The molecular formula is C11H24N2O. The summed E-state index contributed by atoms with van der Waals surface area (Å²) in [5.41, 5.74) is -0.551. The van der Waals surface area contributed by atoms with Gasteiger partial charge in [-0.1, -0.05) is 6.92 Å². The average Bonchev–Trinajstić information content (AvgIpc) is 2.44. The SMILES string of the molecule is CCC(C)(O)CNC1CC(C)N(C)C1. The fourth-order valence-corrected chi connectivity index (χ4v) is 1.83. The third-order valence-corrected chi connectivity index (χ3v) is 3.42. The first-order chi connectivity index (χ1) is 6.44. The van der Waals surface area contributed by atoms with Crippen LogP contribution in [0.15, 0.2) is 0 Å². The van der Waals surface area contributed by atoms with Crippen molar-refractivity contribution in [3.05, 3.63) is 0 Å². The minimum Gasteiger partial charge on any atom is -0.389 e. The second-order valence-corrected chi connectivity index (χ2v) is 4.95. The molecule has 0 aromatic heterocycles. The van der Waals surface area contributed by atoms with Crippen LogP contribution in [0.1, 0.15) is 33.6 Å². The predicted molar refractivity (Wildman–Crippen MR) is 59.4 cm³/mol. The first-order valence-corrected chi connectivity index (χ1v) is 5.60. The van der Waals surface area contributed by atoms with Crippen molar-refractivity contribution in [3.63, 3.8) is 0 Å². The van der Waals surface area contributed by atoms with Crippen molar-refractivity contribution in [2.75, 3.05) is 20.1 Å². The van der Waals surface area contributed by atoms with Gasteiger partial charge in [0.25, 0.3) is 0 Å². The van der Waals surface area contributed by atoms with Gasteiger partial charge in [-0.2, -0.15) is 0 Å². The van der Waals surface area contributed by atoms with Gasteiger partial charge in [-0.25, -0.2) is 0 Å². The molecule has 1 heterocycles. The first-order valence-electron chi connectivity index (χ1n) is 5.60. The molecule has 84 valence electrons. The van der Waals surface area contributed by atoms with Crippen molar-refractivity contribution >= 4 is 0 Å². The molecule has 3 atom stereocenters. The molecule has 3 nitrogen and oxygen atoms in total. The van der Waals surface area contributed by atoms with Crippen molar-refractivity contribution < 1.29 is 5.11 Å². The molecule has 1 aliphatic rings. The molecule has 0 spiro atoms. The summed E-state index contributed by atoms with van der Waals surface area (Å²) in [7, 11) is 2.16. The summed E-state index contributed by atoms with van der Waals surface area (Å²) in [5, 5.41) is 13.3. The van der Waals surface area contributed by atoms with Crippen LogP contribution < -0.4 is 5.32 Å². The lowest BCUT2D eigenvalue weighted by Crippen LogP contribution is -2.43. The molecule has 0 aliphatic carbocycles. The van der Waals surface area contributed by atoms with E-state index >= 15 is 0 Å². The van der Waals surface area contributed by atoms with E-state index < -0.39 is 5.60 Å². The smallest absolute Gasteiger partial charge is 0.0741 e. The summed E-state index contributed by atoms with van der Waals surface area (Å²) < 4.78 is 0. The Balaban J connectivity index is 2.27. The zero-order chi connectivity index (χ0) is 10.8. The van der Waals surface area contributed by atoms with Crippen LogP contribution in [0.5, 0.6) is 0 Å². The molecule has 0 saturated carbocycles. The molecule has 14 heavy (non-hydrogen) atoms. The van der Waals surface area contributed by atoms with Crippen LogP contribution in [-0.4, -0.2) is 47.8 Å². The number of nitrogens with one attached hydrogen (secondary N) is 1. The standard InChI is InChI=1S/C11H24N2O/c1-5-11(3,14)8-12-10-6-9(2)13(4)7-10/h9-10,12,14H,5-8H2,1-4H3. The molecule has 1 rings (SSSR count). The van der Waals surface area contributed by atoms with E-state index in [0.29, 0.717) is 18.6 Å². The van der Waals surface area contributed by atoms with Crippen molar-refractivity contribution in [2.24, 2.45) is 0 Å². The Morgan fingerprint density at radius 1 is 1.57 bits per heavy atom. The van der Waals surface area contributed by atoms with Crippen LogP contribution in [0.2, 0.25) is 0 Å². The van der Waals surface area contributed by atoms with E-state index in [2.05, 4.69) is 24.2 Å². The quantitative estimate of drug-likeness (QED) is 0.705. The number of aliphatic hydroxyl groups is 1. The molecule has 0 radical (unpaired) electrons. The number of nitrogens with zero attached hydrogens (tertiary/aromatic N) is 1. The molecule has 0 aromatic rings. The van der Waals surface area contributed by atoms with Gasteiger partial charge >= 0.3 is 0 Å². The van der Waals surface area contributed by atoms with Gasteiger partial charge in [0.05, 0.1) is 5.60 Å². The lowest BCUT2D eigenvalue weighted by atomic mass is 10.0. The minimum absolute atomic E-state index is 0.549. The van der Waals surface area contributed by atoms with E-state index in [0.717, 1.165) is 13.0 Å². The molecule has 0 aromatic carbocycles. The maximum absolute atomic E-state index is 9.84. The summed E-state index contributed by atoms with van der Waals surface area (Å²) in [5.74, 6) is 0. The van der Waals surface area contributed by atoms with Gasteiger partial charge in [0.1, 0.15) is 0 Å². The van der Waals surface area contributed by atoms with E-state index in [-0.39, 0.29) is 0 Å². The Kier molecular flexibility index (Phi) is 3.93. The highest BCUT2D eigenvalue weighted by Crippen LogP contribution is 2.16. The highest BCUT2D eigenvalue weighted by molar-refractivity contribution is 4.87. The Morgan fingerprint density at radius 2 is 2.21 bits per heavy atom. The first kappa shape index (κ1) is 12.0. The lowest BCUT2D eigenvalue weighted by Gasteiger charge is -2.24. The van der Waals surface area contributed by atoms with Gasteiger partial charge in [0.15, 0.2) is 0 Å². The molecule has 1 aliphatic heterocycles. The van der Waals surface area contributed by atoms with E-state index in [1.54, 1.807) is 0 Å². The van der Waals surface area contributed by atoms with Crippen LogP contribution in [0, 0.1) is 0 Å². The van der Waals surface area contributed by atoms with E-state index in [4.69, 9.17) is 0 Å². The van der Waals surface area contributed by atoms with Gasteiger partial charge in [-0.3, -0.25) is 0 Å². The van der Waals surface area contributed by atoms with Crippen molar-refractivity contribution in [1.29, 1.82) is 0 Å². The van der Waals surface area contributed by atoms with Gasteiger partial charge < -0.3 is 15.3 Å². The zero-order valence-corrected chi connectivity index (χ0v) is 9.88. The Hall–Kier alpha value is -0.120. The van der Waals surface area contributed by atoms with Crippen molar-refractivity contribution in [2.45, 2.75) is 51.3 Å². The lowest BCUT2D eigenvalue weighted by molar-refractivity contribution is 0.0531. The van der Waals surface area contributed by atoms with Crippen molar-refractivity contribution in [1.82, 2.24) is 10.2 Å². The maximum atomic E-state index is 9.84. The van der Waals surface area contributed by atoms with Crippen LogP contribution in [0.4, 0.5) is 0 Å². The van der Waals surface area contributed by atoms with Crippen molar-refractivity contribution in [3.8, 4) is 0 Å². The third-order valence-electron chi connectivity index (χ3n) is 3.42. The third kappa shape index (κ3) is 3.23. The fraction of sp³-hybridized carbons (Fsp3) is 1.00. The molecule has 1 saturated heterocycles. The largest absolute Gasteiger partial charge is 0.389 e. The second kappa shape index (κ2) is 4.60. The van der Waals surface area contributed by atoms with Gasteiger partial charge in [-0.05, 0) is 33.7 Å². The number of likely N-dealkylation sites (tertiary alicyclic amines) is 1. The van der Waals surface area contributed by atoms with Crippen LogP contribution in [-0.2, 0) is 0 Å². The Morgan fingerprint density at radius 3 is 2.64 bits per heavy atom. The molecule has 2 N–H and O–H groups in total. The highest BCUT2D eigenvalue weighted by atomic mass is 16.3. The molecule has 1 fully saturated rings. The number of hydrogen-bond donors (Lipinski definition) is 2. The Bertz CT molecular complexity index is 172. The number of hydrogen-bond acceptors (Lipinski definition) is 3. The average molecular weight is 200 g/mol. The van der Waals surface area contributed by atoms with Crippen LogP contribution >= 0.6 is 0 Å². The number of rotatable bonds is 4. The van der Waals surface area contributed by atoms with E-state index in [1.165, 1.54) is 6.42 Å². The summed E-state index contributed by atoms with van der Waals surface area (Å²) in [4.78, 5) is 2.36. The predicted octanol–water partition coefficient (Wildman–Crippen LogP) is 0.830. The fourth-order valence-electron chi connectivity index (χ4n) is 1.83. The summed E-state index contributed by atoms with van der Waals surface area (Å²) in [6, 6.07) is 1.21. The van der Waals surface area contributed by atoms with Gasteiger partial charge in [0.2, 0.25) is 0 Å². The van der Waals surface area contributed by atoms with Crippen LogP contribution in [0.25, 0.3) is 0 Å². The summed E-state index contributed by atoms with van der Waals surface area (Å²) in [6.07, 6.45) is 1.99. The minimum atomic E-state index is -0.551. The number of likely N-dealkylation sites (N-methyl/N-ethyl adjacent to an activating group) is 1. The molecule has 0 amide bonds. The normalized spacial score (nSPS) is 33.2. The van der Waals surface area contributed by atoms with Gasteiger partial charge in [0, 0.05) is 25.2 Å². The summed E-state index contributed by atoms with van der Waals surface area (Å²) >= 11 is 0. The second-order valence-electron chi connectivity index (χ2n) is 4.95. The Labute approximate surface area is 87.5 Å². The van der Waals surface area contributed by atoms with E-state index in [1.807, 2.05) is 13.8 Å². The summed E-state index contributed by atoms with van der Waals surface area (Å²) in [6.45, 7) is 7.96. The maximum Gasteiger partial charge on any atom is 0.0741 e. The molecule has 3 heteroatoms. The monoisotopic (exact) mass is 200 g/mol. The van der Waals surface area contributed by atoms with Crippen LogP contribution in [0.3, 0.4) is 0 Å². The van der Waals surface area contributed by atoms with Gasteiger partial charge in [-0.15, -0.1) is 0 Å².